The predicted octanol–water partition coefficient (Wildman–Crippen LogP) is 3.47. The quantitative estimate of drug-likeness (QED) is 0.810. The van der Waals surface area contributed by atoms with Gasteiger partial charge in [-0.1, -0.05) is 37.3 Å². The van der Waals surface area contributed by atoms with Crippen molar-refractivity contribution >= 4 is 0 Å². The minimum Gasteiger partial charge on any atom is -0.508 e. The van der Waals surface area contributed by atoms with Crippen LogP contribution in [0.5, 0.6) is 11.5 Å². The highest BCUT2D eigenvalue weighted by Gasteiger charge is 1.99. The van der Waals surface area contributed by atoms with Crippen molar-refractivity contribution in [1.29, 1.82) is 0 Å². The molecule has 3 heteroatoms. The van der Waals surface area contributed by atoms with Gasteiger partial charge in [0.2, 0.25) is 0 Å². The Balaban J connectivity index is 1.81. The Labute approximate surface area is 120 Å². The number of hydrogen-bond donors (Lipinski definition) is 2. The maximum Gasteiger partial charge on any atom is 0.120 e. The Morgan fingerprint density at radius 2 is 1.75 bits per heavy atom. The summed E-state index contributed by atoms with van der Waals surface area (Å²) in [6.45, 7) is 4.27. The molecular weight excluding hydrogens is 250 g/mol. The Morgan fingerprint density at radius 1 is 1.00 bits per heavy atom. The molecule has 0 saturated carbocycles. The zero-order valence-corrected chi connectivity index (χ0v) is 11.8. The van der Waals surface area contributed by atoms with E-state index in [0.717, 1.165) is 30.9 Å². The third-order valence-corrected chi connectivity index (χ3v) is 3.03. The van der Waals surface area contributed by atoms with Crippen LogP contribution in [-0.2, 0) is 13.1 Å². The zero-order chi connectivity index (χ0) is 14.2. The van der Waals surface area contributed by atoms with Crippen molar-refractivity contribution in [2.75, 3.05) is 6.61 Å². The summed E-state index contributed by atoms with van der Waals surface area (Å²) in [6, 6.07) is 15.5. The fourth-order valence-corrected chi connectivity index (χ4v) is 1.93. The number of ether oxygens (including phenoxy) is 1. The number of hydrogen-bond acceptors (Lipinski definition) is 3. The molecule has 0 heterocycles. The topological polar surface area (TPSA) is 41.5 Å². The van der Waals surface area contributed by atoms with Crippen LogP contribution in [0.2, 0.25) is 0 Å². The van der Waals surface area contributed by atoms with Crippen LogP contribution in [0.4, 0.5) is 0 Å². The first-order valence-corrected chi connectivity index (χ1v) is 6.99. The minimum absolute atomic E-state index is 0.336. The second kappa shape index (κ2) is 7.56. The monoisotopic (exact) mass is 271 g/mol. The highest BCUT2D eigenvalue weighted by atomic mass is 16.5. The van der Waals surface area contributed by atoms with Crippen molar-refractivity contribution in [3.63, 3.8) is 0 Å². The van der Waals surface area contributed by atoms with E-state index in [9.17, 15) is 5.11 Å². The van der Waals surface area contributed by atoms with Gasteiger partial charge in [0.05, 0.1) is 6.61 Å². The second-order valence-corrected chi connectivity index (χ2v) is 4.72. The molecule has 0 bridgehead atoms. The molecule has 0 aliphatic heterocycles. The third-order valence-electron chi connectivity index (χ3n) is 3.03. The first-order chi connectivity index (χ1) is 9.79. The fourth-order valence-electron chi connectivity index (χ4n) is 1.93. The van der Waals surface area contributed by atoms with Gasteiger partial charge in [0.15, 0.2) is 0 Å². The van der Waals surface area contributed by atoms with Crippen molar-refractivity contribution in [2.45, 2.75) is 26.4 Å². The molecule has 106 valence electrons. The van der Waals surface area contributed by atoms with Crippen LogP contribution in [0.25, 0.3) is 0 Å². The van der Waals surface area contributed by atoms with E-state index in [1.54, 1.807) is 6.07 Å². The minimum atomic E-state index is 0.336. The average Bonchev–Trinajstić information content (AvgIpc) is 2.48. The molecule has 2 rings (SSSR count). The molecule has 0 aromatic heterocycles. The molecule has 0 unspecified atom stereocenters. The third kappa shape index (κ3) is 4.28. The normalized spacial score (nSPS) is 10.4. The molecular formula is C17H21NO2. The van der Waals surface area contributed by atoms with Crippen LogP contribution in [-0.4, -0.2) is 11.7 Å². The van der Waals surface area contributed by atoms with Crippen LogP contribution in [0, 0.1) is 0 Å². The van der Waals surface area contributed by atoms with Gasteiger partial charge in [-0.2, -0.15) is 0 Å². The smallest absolute Gasteiger partial charge is 0.120 e. The molecule has 20 heavy (non-hydrogen) atoms. The summed E-state index contributed by atoms with van der Waals surface area (Å²) < 4.78 is 5.55. The van der Waals surface area contributed by atoms with E-state index in [-0.39, 0.29) is 0 Å². The molecule has 3 nitrogen and oxygen atoms in total. The number of benzene rings is 2. The Morgan fingerprint density at radius 3 is 2.45 bits per heavy atom. The van der Waals surface area contributed by atoms with Crippen LogP contribution in [0.15, 0.2) is 48.5 Å². The van der Waals surface area contributed by atoms with Gasteiger partial charge in [-0.3, -0.25) is 0 Å². The molecule has 2 aromatic carbocycles. The van der Waals surface area contributed by atoms with E-state index in [0.29, 0.717) is 12.3 Å². The molecule has 0 saturated heterocycles. The van der Waals surface area contributed by atoms with E-state index >= 15 is 0 Å². The SMILES string of the molecule is CCCOc1ccc(CNCc2ccccc2O)cc1. The largest absolute Gasteiger partial charge is 0.508 e. The lowest BCUT2D eigenvalue weighted by atomic mass is 10.2. The summed E-state index contributed by atoms with van der Waals surface area (Å²) in [7, 11) is 0. The molecule has 0 fully saturated rings. The molecule has 0 amide bonds. The molecule has 0 aliphatic carbocycles. The summed E-state index contributed by atoms with van der Waals surface area (Å²) >= 11 is 0. The number of phenolic OH excluding ortho intramolecular Hbond substituents is 1. The van der Waals surface area contributed by atoms with E-state index < -0.39 is 0 Å². The van der Waals surface area contributed by atoms with Gasteiger partial charge in [-0.05, 0) is 30.2 Å². The van der Waals surface area contributed by atoms with Crippen LogP contribution >= 0.6 is 0 Å². The van der Waals surface area contributed by atoms with Gasteiger partial charge in [-0.15, -0.1) is 0 Å². The van der Waals surface area contributed by atoms with Crippen LogP contribution in [0.3, 0.4) is 0 Å². The van der Waals surface area contributed by atoms with Crippen LogP contribution < -0.4 is 10.1 Å². The van der Waals surface area contributed by atoms with Gasteiger partial charge >= 0.3 is 0 Å². The molecule has 2 aromatic rings. The summed E-state index contributed by atoms with van der Waals surface area (Å²) in [6.07, 6.45) is 1.02. The number of para-hydroxylation sites is 1. The number of rotatable bonds is 7. The fraction of sp³-hybridized carbons (Fsp3) is 0.294. The standard InChI is InChI=1S/C17H21NO2/c1-2-11-20-16-9-7-14(8-10-16)12-18-13-15-5-3-4-6-17(15)19/h3-10,18-19H,2,11-13H2,1H3. The Bertz CT molecular complexity index is 523. The number of phenols is 1. The predicted molar refractivity (Wildman–Crippen MR) is 80.9 cm³/mol. The maximum atomic E-state index is 9.67. The Kier molecular flexibility index (Phi) is 5.44. The van der Waals surface area contributed by atoms with E-state index in [4.69, 9.17) is 4.74 Å². The van der Waals surface area contributed by atoms with Crippen molar-refractivity contribution in [3.8, 4) is 11.5 Å². The molecule has 2 N–H and O–H groups in total. The van der Waals surface area contributed by atoms with Crippen molar-refractivity contribution < 1.29 is 9.84 Å². The lowest BCUT2D eigenvalue weighted by Gasteiger charge is -2.08. The number of aromatic hydroxyl groups is 1. The summed E-state index contributed by atoms with van der Waals surface area (Å²) in [5, 5.41) is 13.0. The highest BCUT2D eigenvalue weighted by Crippen LogP contribution is 2.16. The summed E-state index contributed by atoms with van der Waals surface area (Å²) in [4.78, 5) is 0. The molecule has 0 atom stereocenters. The van der Waals surface area contributed by atoms with Gasteiger partial charge in [0, 0.05) is 18.7 Å². The molecule has 0 radical (unpaired) electrons. The lowest BCUT2D eigenvalue weighted by molar-refractivity contribution is 0.317. The van der Waals surface area contributed by atoms with Gasteiger partial charge < -0.3 is 15.2 Å². The number of nitrogens with one attached hydrogen (secondary N) is 1. The first kappa shape index (κ1) is 14.4. The molecule has 0 aliphatic rings. The van der Waals surface area contributed by atoms with Gasteiger partial charge in [0.25, 0.3) is 0 Å². The van der Waals surface area contributed by atoms with E-state index in [2.05, 4.69) is 24.4 Å². The van der Waals surface area contributed by atoms with E-state index in [1.807, 2.05) is 30.3 Å². The van der Waals surface area contributed by atoms with Gasteiger partial charge in [-0.25, -0.2) is 0 Å². The van der Waals surface area contributed by atoms with Crippen LogP contribution in [0.1, 0.15) is 24.5 Å². The van der Waals surface area contributed by atoms with Crippen molar-refractivity contribution in [3.05, 3.63) is 59.7 Å². The summed E-state index contributed by atoms with van der Waals surface area (Å²) in [5.74, 6) is 1.25. The highest BCUT2D eigenvalue weighted by molar-refractivity contribution is 5.32. The molecule has 0 spiro atoms. The Hall–Kier alpha value is -2.00. The van der Waals surface area contributed by atoms with Crippen molar-refractivity contribution in [2.24, 2.45) is 0 Å². The van der Waals surface area contributed by atoms with Crippen molar-refractivity contribution in [1.82, 2.24) is 5.32 Å². The maximum absolute atomic E-state index is 9.67. The average molecular weight is 271 g/mol. The first-order valence-electron chi connectivity index (χ1n) is 6.99. The van der Waals surface area contributed by atoms with Gasteiger partial charge in [0.1, 0.15) is 11.5 Å². The zero-order valence-electron chi connectivity index (χ0n) is 11.8. The summed E-state index contributed by atoms with van der Waals surface area (Å²) in [5.41, 5.74) is 2.11. The lowest BCUT2D eigenvalue weighted by Crippen LogP contribution is -2.12. The van der Waals surface area contributed by atoms with E-state index in [1.165, 1.54) is 5.56 Å². The second-order valence-electron chi connectivity index (χ2n) is 4.72.